The number of para-hydroxylation sites is 1. The van der Waals surface area contributed by atoms with Gasteiger partial charge in [-0.05, 0) is 18.2 Å². The van der Waals surface area contributed by atoms with Gasteiger partial charge < -0.3 is 4.74 Å². The molecule has 2 rings (SSSR count). The Balaban J connectivity index is 2.06. The number of carbonyl (C=O) groups excluding carboxylic acids is 1. The minimum atomic E-state index is -0.699. The van der Waals surface area contributed by atoms with Crippen LogP contribution in [0.3, 0.4) is 0 Å². The standard InChI is InChI=1S/C16H15N3O5/c1-23-13-7-4-6-12(9-13)16(17)18-24-15(20)10-11-5-2-3-8-14(11)19(21)22/h2-9H,10H2,1H3,(H2,17,18)/p+1. The van der Waals surface area contributed by atoms with Gasteiger partial charge in [-0.3, -0.25) is 20.7 Å². The molecule has 0 aliphatic carbocycles. The van der Waals surface area contributed by atoms with Crippen LogP contribution in [0.25, 0.3) is 0 Å². The number of nitrogen functional groups attached to an aromatic ring is 1. The fraction of sp³-hybridized carbons (Fsp3) is 0.125. The van der Waals surface area contributed by atoms with Gasteiger partial charge in [-0.25, -0.2) is 4.79 Å². The number of hydrogen-bond donors (Lipinski definition) is 2. The Bertz CT molecular complexity index is 789. The number of nitro groups is 1. The number of nitrogens with one attached hydrogen (secondary N) is 1. The predicted molar refractivity (Wildman–Crippen MR) is 85.1 cm³/mol. The van der Waals surface area contributed by atoms with Crippen LogP contribution in [-0.4, -0.2) is 23.8 Å². The molecule has 2 aromatic rings. The molecule has 24 heavy (non-hydrogen) atoms. The maximum atomic E-state index is 11.8. The largest absolute Gasteiger partial charge is 0.497 e. The van der Waals surface area contributed by atoms with E-state index in [1.807, 2.05) is 0 Å². The Morgan fingerprint density at radius 3 is 2.71 bits per heavy atom. The lowest BCUT2D eigenvalue weighted by atomic mass is 10.1. The maximum absolute atomic E-state index is 11.8. The number of benzene rings is 2. The molecule has 8 nitrogen and oxygen atoms in total. The molecule has 0 unspecified atom stereocenters. The van der Waals surface area contributed by atoms with Crippen LogP contribution in [0.15, 0.2) is 48.5 Å². The van der Waals surface area contributed by atoms with Gasteiger partial charge in [0.05, 0.1) is 24.0 Å². The first kappa shape index (κ1) is 16.9. The molecule has 0 saturated heterocycles. The molecule has 0 aromatic heterocycles. The van der Waals surface area contributed by atoms with Gasteiger partial charge in [-0.1, -0.05) is 29.4 Å². The first-order valence-electron chi connectivity index (χ1n) is 6.96. The van der Waals surface area contributed by atoms with Crippen molar-refractivity contribution in [1.29, 1.82) is 0 Å². The van der Waals surface area contributed by atoms with E-state index in [4.69, 9.17) is 15.3 Å². The van der Waals surface area contributed by atoms with E-state index in [1.165, 1.54) is 25.3 Å². The summed E-state index contributed by atoms with van der Waals surface area (Å²) in [6.07, 6.45) is -0.254. The molecule has 0 bridgehead atoms. The maximum Gasteiger partial charge on any atom is 0.361 e. The number of carbonyl (C=O) groups is 1. The van der Waals surface area contributed by atoms with E-state index < -0.39 is 10.9 Å². The Labute approximate surface area is 137 Å². The van der Waals surface area contributed by atoms with Gasteiger partial charge in [0.2, 0.25) is 0 Å². The van der Waals surface area contributed by atoms with E-state index in [0.29, 0.717) is 11.3 Å². The zero-order valence-corrected chi connectivity index (χ0v) is 12.9. The van der Waals surface area contributed by atoms with E-state index in [1.54, 1.807) is 30.3 Å². The summed E-state index contributed by atoms with van der Waals surface area (Å²) >= 11 is 0. The molecular weight excluding hydrogens is 314 g/mol. The second-order valence-corrected chi connectivity index (χ2v) is 4.78. The Kier molecular flexibility index (Phi) is 5.45. The Hall–Kier alpha value is -3.42. The highest BCUT2D eigenvalue weighted by molar-refractivity contribution is 5.93. The van der Waals surface area contributed by atoms with Crippen molar-refractivity contribution in [2.75, 3.05) is 7.11 Å². The minimum Gasteiger partial charge on any atom is -0.497 e. The SMILES string of the molecule is COc1cccc(C(N)=[NH+]OC(=O)Cc2ccccc2[N+](=O)[O-])c1. The summed E-state index contributed by atoms with van der Waals surface area (Å²) in [6, 6.07) is 12.8. The van der Waals surface area contributed by atoms with Crippen LogP contribution in [-0.2, 0) is 16.1 Å². The second kappa shape index (κ2) is 7.73. The number of amidine groups is 1. The monoisotopic (exact) mass is 330 g/mol. The Morgan fingerprint density at radius 1 is 1.25 bits per heavy atom. The lowest BCUT2D eigenvalue weighted by Gasteiger charge is -2.02. The summed E-state index contributed by atoms with van der Waals surface area (Å²) in [5.74, 6) is 0.0171. The number of nitro benzene ring substituents is 1. The fourth-order valence-corrected chi connectivity index (χ4v) is 1.99. The molecule has 8 heteroatoms. The molecule has 0 radical (unpaired) electrons. The lowest BCUT2D eigenvalue weighted by Crippen LogP contribution is -2.75. The van der Waals surface area contributed by atoms with Gasteiger partial charge in [0.15, 0.2) is 0 Å². The molecule has 0 amide bonds. The normalized spacial score (nSPS) is 11.0. The van der Waals surface area contributed by atoms with Crippen LogP contribution in [0, 0.1) is 10.1 Å². The number of rotatable bonds is 6. The molecule has 124 valence electrons. The van der Waals surface area contributed by atoms with Crippen molar-refractivity contribution in [2.24, 2.45) is 5.73 Å². The fourth-order valence-electron chi connectivity index (χ4n) is 1.99. The van der Waals surface area contributed by atoms with Crippen molar-refractivity contribution in [3.63, 3.8) is 0 Å². The molecule has 2 aromatic carbocycles. The molecule has 0 atom stereocenters. The average molecular weight is 330 g/mol. The van der Waals surface area contributed by atoms with Crippen molar-refractivity contribution < 1.29 is 24.4 Å². The summed E-state index contributed by atoms with van der Waals surface area (Å²) in [4.78, 5) is 27.1. The molecule has 0 aliphatic heterocycles. The second-order valence-electron chi connectivity index (χ2n) is 4.78. The minimum absolute atomic E-state index is 0.116. The van der Waals surface area contributed by atoms with Crippen molar-refractivity contribution in [3.8, 4) is 5.75 Å². The molecular formula is C16H16N3O5+. The summed E-state index contributed by atoms with van der Waals surface area (Å²) in [7, 11) is 1.52. The average Bonchev–Trinajstić information content (AvgIpc) is 2.60. The smallest absolute Gasteiger partial charge is 0.361 e. The van der Waals surface area contributed by atoms with E-state index in [-0.39, 0.29) is 23.5 Å². The van der Waals surface area contributed by atoms with E-state index in [0.717, 1.165) is 0 Å². The third-order valence-corrected chi connectivity index (χ3v) is 3.18. The number of nitrogens with zero attached hydrogens (tertiary/aromatic N) is 1. The first-order chi connectivity index (χ1) is 11.5. The molecule has 0 spiro atoms. The van der Waals surface area contributed by atoms with Crippen LogP contribution in [0.1, 0.15) is 11.1 Å². The van der Waals surface area contributed by atoms with Gasteiger partial charge in [0.1, 0.15) is 5.75 Å². The van der Waals surface area contributed by atoms with Gasteiger partial charge in [-0.2, -0.15) is 0 Å². The molecule has 0 saturated carbocycles. The van der Waals surface area contributed by atoms with Crippen LogP contribution in [0.2, 0.25) is 0 Å². The summed E-state index contributed by atoms with van der Waals surface area (Å²) in [6.45, 7) is 0. The summed E-state index contributed by atoms with van der Waals surface area (Å²) in [5, 5.41) is 13.3. The topological polar surface area (TPSA) is 119 Å². The third kappa shape index (κ3) is 4.29. The third-order valence-electron chi connectivity index (χ3n) is 3.18. The number of hydrogen-bond acceptors (Lipinski definition) is 5. The lowest BCUT2D eigenvalue weighted by molar-refractivity contribution is -0.724. The van der Waals surface area contributed by atoms with Crippen molar-refractivity contribution in [3.05, 3.63) is 69.8 Å². The zero-order valence-electron chi connectivity index (χ0n) is 12.9. The first-order valence-corrected chi connectivity index (χ1v) is 6.96. The van der Waals surface area contributed by atoms with Crippen LogP contribution in [0.4, 0.5) is 5.69 Å². The molecule has 0 fully saturated rings. The van der Waals surface area contributed by atoms with Gasteiger partial charge >= 0.3 is 11.8 Å². The van der Waals surface area contributed by atoms with Crippen molar-refractivity contribution >= 4 is 17.5 Å². The molecule has 0 heterocycles. The summed E-state index contributed by atoms with van der Waals surface area (Å²) in [5.41, 5.74) is 6.50. The number of nitrogens with two attached hydrogens (primary N) is 1. The predicted octanol–water partition coefficient (Wildman–Crippen LogP) is 0.0902. The van der Waals surface area contributed by atoms with Crippen LogP contribution >= 0.6 is 0 Å². The van der Waals surface area contributed by atoms with Gasteiger partial charge in [0, 0.05) is 11.6 Å². The van der Waals surface area contributed by atoms with E-state index in [2.05, 4.69) is 5.16 Å². The van der Waals surface area contributed by atoms with Crippen LogP contribution < -0.4 is 15.6 Å². The highest BCUT2D eigenvalue weighted by Gasteiger charge is 2.17. The molecule has 0 aliphatic rings. The number of ether oxygens (including phenoxy) is 1. The highest BCUT2D eigenvalue weighted by atomic mass is 16.7. The van der Waals surface area contributed by atoms with Crippen LogP contribution in [0.5, 0.6) is 5.75 Å². The quantitative estimate of drug-likeness (QED) is 0.255. The van der Waals surface area contributed by atoms with Gasteiger partial charge in [-0.15, -0.1) is 0 Å². The van der Waals surface area contributed by atoms with E-state index >= 15 is 0 Å². The molecule has 3 N–H and O–H groups in total. The highest BCUT2D eigenvalue weighted by Crippen LogP contribution is 2.18. The van der Waals surface area contributed by atoms with E-state index in [9.17, 15) is 14.9 Å². The summed E-state index contributed by atoms with van der Waals surface area (Å²) < 4.78 is 5.08. The van der Waals surface area contributed by atoms with Crippen molar-refractivity contribution in [1.82, 2.24) is 0 Å². The Morgan fingerprint density at radius 2 is 2.00 bits per heavy atom. The van der Waals surface area contributed by atoms with Crippen molar-refractivity contribution in [2.45, 2.75) is 6.42 Å². The van der Waals surface area contributed by atoms with Gasteiger partial charge in [0.25, 0.3) is 5.69 Å². The zero-order chi connectivity index (χ0) is 17.5. The number of methoxy groups -OCH3 is 1.